The van der Waals surface area contributed by atoms with Crippen LogP contribution in [0, 0.1) is 6.92 Å². The average molecular weight is 378 g/mol. The normalized spacial score (nSPS) is 20.5. The Kier molecular flexibility index (Phi) is 5.30. The number of para-hydroxylation sites is 1. The standard InChI is InChI=1S/C22H26N4O2/c1-17-7-5-6-10-20(17)25-13-11-24(12-14-25)16-26-21(27)19(23-22(26)28)15-18-8-3-2-4-9-18/h2-10,19H,11-16H2,1H3,(H,23,28)/t19-/m0/s1. The second kappa shape index (κ2) is 8.02. The maximum Gasteiger partial charge on any atom is 0.325 e. The third-order valence-corrected chi connectivity index (χ3v) is 5.56. The van der Waals surface area contributed by atoms with E-state index < -0.39 is 6.04 Å². The van der Waals surface area contributed by atoms with Gasteiger partial charge in [-0.2, -0.15) is 0 Å². The molecule has 6 nitrogen and oxygen atoms in total. The number of carbonyl (C=O) groups is 2. The maximum atomic E-state index is 12.7. The van der Waals surface area contributed by atoms with Gasteiger partial charge in [0.1, 0.15) is 6.04 Å². The highest BCUT2D eigenvalue weighted by atomic mass is 16.2. The third-order valence-electron chi connectivity index (χ3n) is 5.56. The molecule has 2 heterocycles. The van der Waals surface area contributed by atoms with E-state index in [0.29, 0.717) is 13.1 Å². The molecule has 0 aliphatic carbocycles. The molecule has 2 aromatic rings. The molecule has 1 atom stereocenters. The quantitative estimate of drug-likeness (QED) is 0.811. The van der Waals surface area contributed by atoms with Crippen molar-refractivity contribution in [1.29, 1.82) is 0 Å². The van der Waals surface area contributed by atoms with Gasteiger partial charge in [0.25, 0.3) is 5.91 Å². The number of nitrogens with zero attached hydrogens (tertiary/aromatic N) is 3. The van der Waals surface area contributed by atoms with Crippen molar-refractivity contribution in [3.63, 3.8) is 0 Å². The van der Waals surface area contributed by atoms with Crippen molar-refractivity contribution < 1.29 is 9.59 Å². The second-order valence-electron chi connectivity index (χ2n) is 7.49. The number of imide groups is 1. The zero-order valence-electron chi connectivity index (χ0n) is 16.2. The summed E-state index contributed by atoms with van der Waals surface area (Å²) >= 11 is 0. The Morgan fingerprint density at radius 2 is 1.61 bits per heavy atom. The number of hydrogen-bond acceptors (Lipinski definition) is 4. The van der Waals surface area contributed by atoms with E-state index in [1.165, 1.54) is 16.2 Å². The van der Waals surface area contributed by atoms with Crippen LogP contribution < -0.4 is 10.2 Å². The Morgan fingerprint density at radius 3 is 2.32 bits per heavy atom. The highest BCUT2D eigenvalue weighted by Gasteiger charge is 2.39. The van der Waals surface area contributed by atoms with Gasteiger partial charge in [0.05, 0.1) is 6.67 Å². The Morgan fingerprint density at radius 1 is 0.929 bits per heavy atom. The minimum Gasteiger partial charge on any atom is -0.369 e. The van der Waals surface area contributed by atoms with Crippen LogP contribution in [0.25, 0.3) is 0 Å². The van der Waals surface area contributed by atoms with Crippen molar-refractivity contribution in [3.05, 3.63) is 65.7 Å². The van der Waals surface area contributed by atoms with Crippen LogP contribution in [0.15, 0.2) is 54.6 Å². The fourth-order valence-corrected chi connectivity index (χ4v) is 3.95. The first-order chi connectivity index (χ1) is 13.6. The first kappa shape index (κ1) is 18.5. The van der Waals surface area contributed by atoms with Gasteiger partial charge in [-0.1, -0.05) is 48.5 Å². The summed E-state index contributed by atoms with van der Waals surface area (Å²) in [6, 6.07) is 17.4. The largest absolute Gasteiger partial charge is 0.369 e. The van der Waals surface area contributed by atoms with E-state index in [0.717, 1.165) is 31.7 Å². The molecule has 0 bridgehead atoms. The topological polar surface area (TPSA) is 55.9 Å². The smallest absolute Gasteiger partial charge is 0.325 e. The van der Waals surface area contributed by atoms with Crippen LogP contribution >= 0.6 is 0 Å². The lowest BCUT2D eigenvalue weighted by molar-refractivity contribution is -0.129. The molecule has 0 aromatic heterocycles. The van der Waals surface area contributed by atoms with Crippen LogP contribution in [0.2, 0.25) is 0 Å². The van der Waals surface area contributed by atoms with Crippen LogP contribution in [0.3, 0.4) is 0 Å². The van der Waals surface area contributed by atoms with Crippen molar-refractivity contribution >= 4 is 17.6 Å². The molecular weight excluding hydrogens is 352 g/mol. The van der Waals surface area contributed by atoms with E-state index in [9.17, 15) is 9.59 Å². The molecular formula is C22H26N4O2. The van der Waals surface area contributed by atoms with Gasteiger partial charge >= 0.3 is 6.03 Å². The molecule has 0 spiro atoms. The molecule has 2 aliphatic rings. The number of benzene rings is 2. The van der Waals surface area contributed by atoms with Gasteiger partial charge in [-0.05, 0) is 24.1 Å². The van der Waals surface area contributed by atoms with Crippen LogP contribution in [-0.4, -0.2) is 60.6 Å². The summed E-state index contributed by atoms with van der Waals surface area (Å²) < 4.78 is 0. The van der Waals surface area contributed by atoms with Crippen molar-refractivity contribution in [2.24, 2.45) is 0 Å². The van der Waals surface area contributed by atoms with Gasteiger partial charge in [0, 0.05) is 38.3 Å². The summed E-state index contributed by atoms with van der Waals surface area (Å²) in [7, 11) is 0. The molecule has 2 fully saturated rings. The average Bonchev–Trinajstić information content (AvgIpc) is 2.97. The Hall–Kier alpha value is -2.86. The number of aryl methyl sites for hydroxylation is 1. The Balaban J connectivity index is 1.33. The van der Waals surface area contributed by atoms with E-state index in [-0.39, 0.29) is 11.9 Å². The minimum atomic E-state index is -0.469. The molecule has 28 heavy (non-hydrogen) atoms. The third kappa shape index (κ3) is 3.87. The molecule has 2 aromatic carbocycles. The van der Waals surface area contributed by atoms with E-state index in [1.54, 1.807) is 0 Å². The van der Waals surface area contributed by atoms with Crippen LogP contribution in [0.4, 0.5) is 10.5 Å². The SMILES string of the molecule is Cc1ccccc1N1CCN(CN2C(=O)N[C@@H](Cc3ccccc3)C2=O)CC1. The second-order valence-corrected chi connectivity index (χ2v) is 7.49. The molecule has 1 N–H and O–H groups in total. The lowest BCUT2D eigenvalue weighted by Gasteiger charge is -2.37. The van der Waals surface area contributed by atoms with E-state index in [2.05, 4.69) is 46.3 Å². The van der Waals surface area contributed by atoms with Crippen LogP contribution in [0.1, 0.15) is 11.1 Å². The van der Waals surface area contributed by atoms with Crippen molar-refractivity contribution in [1.82, 2.24) is 15.1 Å². The number of carbonyl (C=O) groups excluding carboxylic acids is 2. The molecule has 0 radical (unpaired) electrons. The lowest BCUT2D eigenvalue weighted by Crippen LogP contribution is -2.51. The molecule has 6 heteroatoms. The number of hydrogen-bond donors (Lipinski definition) is 1. The highest BCUT2D eigenvalue weighted by molar-refractivity contribution is 6.04. The van der Waals surface area contributed by atoms with Crippen molar-refractivity contribution in [2.75, 3.05) is 37.7 Å². The summed E-state index contributed by atoms with van der Waals surface area (Å²) in [6.07, 6.45) is 0.531. The number of amides is 3. The van der Waals surface area contributed by atoms with Crippen molar-refractivity contribution in [3.8, 4) is 0 Å². The van der Waals surface area contributed by atoms with Crippen LogP contribution in [-0.2, 0) is 11.2 Å². The predicted octanol–water partition coefficient (Wildman–Crippen LogP) is 2.24. The van der Waals surface area contributed by atoms with E-state index >= 15 is 0 Å². The number of urea groups is 1. The van der Waals surface area contributed by atoms with Gasteiger partial charge < -0.3 is 10.2 Å². The Bertz CT molecular complexity index is 847. The lowest BCUT2D eigenvalue weighted by atomic mass is 10.1. The fraction of sp³-hybridized carbons (Fsp3) is 0.364. The summed E-state index contributed by atoms with van der Waals surface area (Å²) in [5, 5.41) is 2.83. The summed E-state index contributed by atoms with van der Waals surface area (Å²) in [5.74, 6) is -0.129. The number of nitrogens with one attached hydrogen (secondary N) is 1. The minimum absolute atomic E-state index is 0.129. The van der Waals surface area contributed by atoms with Crippen molar-refractivity contribution in [2.45, 2.75) is 19.4 Å². The molecule has 146 valence electrons. The summed E-state index contributed by atoms with van der Waals surface area (Å²) in [6.45, 7) is 5.92. The maximum absolute atomic E-state index is 12.7. The molecule has 3 amide bonds. The Labute approximate surface area is 165 Å². The number of anilines is 1. The summed E-state index contributed by atoms with van der Waals surface area (Å²) in [4.78, 5) is 31.0. The monoisotopic (exact) mass is 378 g/mol. The molecule has 0 saturated carbocycles. The van der Waals surface area contributed by atoms with Gasteiger partial charge in [0.2, 0.25) is 0 Å². The predicted molar refractivity (Wildman–Crippen MR) is 109 cm³/mol. The first-order valence-electron chi connectivity index (χ1n) is 9.80. The fourth-order valence-electron chi connectivity index (χ4n) is 3.95. The first-order valence-corrected chi connectivity index (χ1v) is 9.80. The highest BCUT2D eigenvalue weighted by Crippen LogP contribution is 2.21. The van der Waals surface area contributed by atoms with E-state index in [4.69, 9.17) is 0 Å². The number of rotatable bonds is 5. The zero-order chi connectivity index (χ0) is 19.5. The van der Waals surface area contributed by atoms with E-state index in [1.807, 2.05) is 30.3 Å². The molecule has 4 rings (SSSR count). The van der Waals surface area contributed by atoms with Gasteiger partial charge in [-0.25, -0.2) is 9.69 Å². The molecule has 2 saturated heterocycles. The molecule has 2 aliphatic heterocycles. The van der Waals surface area contributed by atoms with Crippen LogP contribution in [0.5, 0.6) is 0 Å². The van der Waals surface area contributed by atoms with Gasteiger partial charge in [0.15, 0.2) is 0 Å². The zero-order valence-corrected chi connectivity index (χ0v) is 16.2. The number of piperazine rings is 1. The van der Waals surface area contributed by atoms with Gasteiger partial charge in [-0.15, -0.1) is 0 Å². The van der Waals surface area contributed by atoms with Gasteiger partial charge in [-0.3, -0.25) is 9.69 Å². The summed E-state index contributed by atoms with van der Waals surface area (Å²) in [5.41, 5.74) is 3.59. The molecule has 0 unspecified atom stereocenters.